The summed E-state index contributed by atoms with van der Waals surface area (Å²) in [6.45, 7) is 7.94. The molecule has 0 aromatic carbocycles. The summed E-state index contributed by atoms with van der Waals surface area (Å²) in [6, 6.07) is 0.439. The highest BCUT2D eigenvalue weighted by molar-refractivity contribution is 4.94. The lowest BCUT2D eigenvalue weighted by Crippen LogP contribution is -2.54. The Kier molecular flexibility index (Phi) is 5.05. The Morgan fingerprint density at radius 3 is 2.33 bits per heavy atom. The van der Waals surface area contributed by atoms with Gasteiger partial charge in [0.15, 0.2) is 0 Å². The normalized spacial score (nSPS) is 35.8. The van der Waals surface area contributed by atoms with Crippen LogP contribution in [-0.2, 0) is 4.74 Å². The molecule has 0 unspecified atom stereocenters. The van der Waals surface area contributed by atoms with E-state index in [1.807, 2.05) is 0 Å². The van der Waals surface area contributed by atoms with Crippen molar-refractivity contribution in [3.05, 3.63) is 0 Å². The molecular weight excluding hydrogens is 224 g/mol. The lowest BCUT2D eigenvalue weighted by atomic mass is 9.79. The molecule has 2 fully saturated rings. The number of rotatable bonds is 4. The highest BCUT2D eigenvalue weighted by atomic mass is 16.5. The summed E-state index contributed by atoms with van der Waals surface area (Å²) in [7, 11) is 0. The van der Waals surface area contributed by atoms with Crippen LogP contribution in [0.15, 0.2) is 0 Å². The molecule has 0 radical (unpaired) electrons. The largest absolute Gasteiger partial charge is 0.378 e. The summed E-state index contributed by atoms with van der Waals surface area (Å²) in [5.74, 6) is 0. The molecule has 18 heavy (non-hydrogen) atoms. The fourth-order valence-corrected chi connectivity index (χ4v) is 3.42. The molecule has 0 spiro atoms. The van der Waals surface area contributed by atoms with Gasteiger partial charge in [0.2, 0.25) is 0 Å². The first-order valence-electron chi connectivity index (χ1n) is 7.76. The lowest BCUT2D eigenvalue weighted by Gasteiger charge is -2.48. The van der Waals surface area contributed by atoms with Gasteiger partial charge in [0.1, 0.15) is 0 Å². The molecular formula is C15H30N2O. The number of nitrogens with zero attached hydrogens (tertiary/aromatic N) is 1. The molecule has 0 aromatic heterocycles. The minimum Gasteiger partial charge on any atom is -0.378 e. The Bertz CT molecular complexity index is 241. The molecule has 2 aliphatic rings. The van der Waals surface area contributed by atoms with Gasteiger partial charge in [0.25, 0.3) is 0 Å². The summed E-state index contributed by atoms with van der Waals surface area (Å²) in [4.78, 5) is 2.69. The van der Waals surface area contributed by atoms with E-state index < -0.39 is 0 Å². The lowest BCUT2D eigenvalue weighted by molar-refractivity contribution is -0.0282. The van der Waals surface area contributed by atoms with Crippen LogP contribution in [0.2, 0.25) is 0 Å². The number of ether oxygens (including phenoxy) is 1. The van der Waals surface area contributed by atoms with E-state index in [0.717, 1.165) is 13.0 Å². The number of hydrogen-bond donors (Lipinski definition) is 1. The van der Waals surface area contributed by atoms with Gasteiger partial charge in [-0.1, -0.05) is 6.92 Å². The van der Waals surface area contributed by atoms with Gasteiger partial charge in [0.05, 0.1) is 6.10 Å². The van der Waals surface area contributed by atoms with Crippen molar-refractivity contribution in [2.45, 2.75) is 76.5 Å². The first-order valence-corrected chi connectivity index (χ1v) is 7.76. The van der Waals surface area contributed by atoms with Gasteiger partial charge in [0, 0.05) is 31.3 Å². The maximum Gasteiger partial charge on any atom is 0.0576 e. The van der Waals surface area contributed by atoms with Crippen LogP contribution < -0.4 is 5.73 Å². The van der Waals surface area contributed by atoms with Crippen LogP contribution in [0.3, 0.4) is 0 Å². The highest BCUT2D eigenvalue weighted by Gasteiger charge is 2.37. The Labute approximate surface area is 112 Å². The van der Waals surface area contributed by atoms with E-state index >= 15 is 0 Å². The van der Waals surface area contributed by atoms with Crippen LogP contribution >= 0.6 is 0 Å². The SMILES string of the molecule is CCCO[C@H]1CC[C@@](C)(N2CCC(N)CC2)CC1. The van der Waals surface area contributed by atoms with Gasteiger partial charge in [-0.3, -0.25) is 4.90 Å². The average Bonchev–Trinajstić information content (AvgIpc) is 2.39. The van der Waals surface area contributed by atoms with Gasteiger partial charge >= 0.3 is 0 Å². The molecule has 2 rings (SSSR count). The van der Waals surface area contributed by atoms with Gasteiger partial charge < -0.3 is 10.5 Å². The third-order valence-corrected chi connectivity index (χ3v) is 4.87. The average molecular weight is 254 g/mol. The standard InChI is InChI=1S/C15H30N2O/c1-3-12-18-14-4-8-15(2,9-5-14)17-10-6-13(16)7-11-17/h13-14H,3-12,16H2,1-2H3/t14-,15+. The van der Waals surface area contributed by atoms with E-state index in [4.69, 9.17) is 10.5 Å². The number of hydrogen-bond acceptors (Lipinski definition) is 3. The molecule has 0 amide bonds. The molecule has 1 heterocycles. The molecule has 106 valence electrons. The van der Waals surface area contributed by atoms with Crippen LogP contribution in [-0.4, -0.2) is 42.3 Å². The van der Waals surface area contributed by atoms with Crippen molar-refractivity contribution < 1.29 is 4.74 Å². The minimum absolute atomic E-state index is 0.409. The van der Waals surface area contributed by atoms with E-state index in [1.165, 1.54) is 51.6 Å². The van der Waals surface area contributed by atoms with Crippen LogP contribution in [0.4, 0.5) is 0 Å². The van der Waals surface area contributed by atoms with Crippen molar-refractivity contribution in [2.24, 2.45) is 5.73 Å². The third-order valence-electron chi connectivity index (χ3n) is 4.87. The summed E-state index contributed by atoms with van der Waals surface area (Å²) in [5, 5.41) is 0. The Balaban J connectivity index is 1.79. The molecule has 1 aliphatic carbocycles. The van der Waals surface area contributed by atoms with Crippen molar-refractivity contribution >= 4 is 0 Å². The van der Waals surface area contributed by atoms with E-state index in [0.29, 0.717) is 17.7 Å². The van der Waals surface area contributed by atoms with E-state index in [1.54, 1.807) is 0 Å². The van der Waals surface area contributed by atoms with E-state index in [9.17, 15) is 0 Å². The first-order chi connectivity index (χ1) is 8.64. The summed E-state index contributed by atoms with van der Waals surface area (Å²) >= 11 is 0. The number of piperidine rings is 1. The zero-order chi connectivity index (χ0) is 13.0. The van der Waals surface area contributed by atoms with E-state index in [-0.39, 0.29) is 0 Å². The number of likely N-dealkylation sites (tertiary alicyclic amines) is 1. The number of nitrogens with two attached hydrogens (primary N) is 1. The molecule has 0 bridgehead atoms. The maximum atomic E-state index is 6.00. The van der Waals surface area contributed by atoms with Crippen LogP contribution in [0.5, 0.6) is 0 Å². The zero-order valence-corrected chi connectivity index (χ0v) is 12.2. The van der Waals surface area contributed by atoms with Gasteiger partial charge in [-0.15, -0.1) is 0 Å². The Hall–Kier alpha value is -0.120. The monoisotopic (exact) mass is 254 g/mol. The molecule has 1 aliphatic heterocycles. The van der Waals surface area contributed by atoms with Crippen LogP contribution in [0.25, 0.3) is 0 Å². The molecule has 1 saturated carbocycles. The first kappa shape index (κ1) is 14.3. The van der Waals surface area contributed by atoms with Crippen molar-refractivity contribution in [1.82, 2.24) is 4.90 Å². The van der Waals surface area contributed by atoms with Crippen molar-refractivity contribution in [2.75, 3.05) is 19.7 Å². The molecule has 3 nitrogen and oxygen atoms in total. The quantitative estimate of drug-likeness (QED) is 0.838. The molecule has 1 saturated heterocycles. The minimum atomic E-state index is 0.409. The van der Waals surface area contributed by atoms with Crippen molar-refractivity contribution in [3.63, 3.8) is 0 Å². The third kappa shape index (κ3) is 3.46. The van der Waals surface area contributed by atoms with Crippen LogP contribution in [0, 0.1) is 0 Å². The highest BCUT2D eigenvalue weighted by Crippen LogP contribution is 2.36. The molecule has 2 N–H and O–H groups in total. The molecule has 0 atom stereocenters. The fourth-order valence-electron chi connectivity index (χ4n) is 3.42. The zero-order valence-electron chi connectivity index (χ0n) is 12.2. The Morgan fingerprint density at radius 1 is 1.17 bits per heavy atom. The second-order valence-electron chi connectivity index (χ2n) is 6.39. The maximum absolute atomic E-state index is 6.00. The second-order valence-corrected chi connectivity index (χ2v) is 6.39. The Morgan fingerprint density at radius 2 is 1.78 bits per heavy atom. The topological polar surface area (TPSA) is 38.5 Å². The van der Waals surface area contributed by atoms with E-state index in [2.05, 4.69) is 18.7 Å². The van der Waals surface area contributed by atoms with Gasteiger partial charge in [-0.25, -0.2) is 0 Å². The van der Waals surface area contributed by atoms with Crippen molar-refractivity contribution in [3.8, 4) is 0 Å². The smallest absolute Gasteiger partial charge is 0.0576 e. The summed E-state index contributed by atoms with van der Waals surface area (Å²) in [6.07, 6.45) is 9.05. The summed E-state index contributed by atoms with van der Waals surface area (Å²) < 4.78 is 5.89. The van der Waals surface area contributed by atoms with Gasteiger partial charge in [-0.05, 0) is 51.9 Å². The van der Waals surface area contributed by atoms with Crippen molar-refractivity contribution in [1.29, 1.82) is 0 Å². The molecule has 3 heteroatoms. The van der Waals surface area contributed by atoms with Gasteiger partial charge in [-0.2, -0.15) is 0 Å². The van der Waals surface area contributed by atoms with Crippen LogP contribution in [0.1, 0.15) is 58.8 Å². The predicted molar refractivity (Wildman–Crippen MR) is 75.7 cm³/mol. The fraction of sp³-hybridized carbons (Fsp3) is 1.00. The predicted octanol–water partition coefficient (Wildman–Crippen LogP) is 2.54. The summed E-state index contributed by atoms with van der Waals surface area (Å²) in [5.41, 5.74) is 6.41. The molecule has 0 aromatic rings. The second kappa shape index (κ2) is 6.36.